The summed E-state index contributed by atoms with van der Waals surface area (Å²) in [5.41, 5.74) is 0. The highest BCUT2D eigenvalue weighted by atomic mass is 16.2. The zero-order chi connectivity index (χ0) is 14.0. The van der Waals surface area contributed by atoms with Crippen molar-refractivity contribution in [1.82, 2.24) is 14.7 Å². The number of rotatable bonds is 6. The smallest absolute Gasteiger partial charge is 0.248 e. The molecule has 2 saturated heterocycles. The summed E-state index contributed by atoms with van der Waals surface area (Å²) in [7, 11) is 3.87. The van der Waals surface area contributed by atoms with Crippen molar-refractivity contribution in [2.75, 3.05) is 20.6 Å². The van der Waals surface area contributed by atoms with Gasteiger partial charge in [0.15, 0.2) is 6.29 Å². The number of amides is 2. The van der Waals surface area contributed by atoms with Crippen LogP contribution in [0.5, 0.6) is 0 Å². The lowest BCUT2D eigenvalue weighted by Crippen LogP contribution is -2.51. The van der Waals surface area contributed by atoms with Crippen molar-refractivity contribution in [2.24, 2.45) is 0 Å². The molecule has 0 aromatic rings. The lowest BCUT2D eigenvalue weighted by molar-refractivity contribution is -0.136. The minimum atomic E-state index is -0.203. The molecule has 2 aliphatic heterocycles. The van der Waals surface area contributed by atoms with Crippen molar-refractivity contribution in [3.05, 3.63) is 0 Å². The molecule has 0 aromatic heterocycles. The van der Waals surface area contributed by atoms with Gasteiger partial charge < -0.3 is 4.90 Å². The van der Waals surface area contributed by atoms with Crippen molar-refractivity contribution in [2.45, 2.75) is 57.8 Å². The quantitative estimate of drug-likeness (QED) is 0.680. The third-order valence-electron chi connectivity index (χ3n) is 4.07. The van der Waals surface area contributed by atoms with E-state index in [2.05, 4.69) is 6.92 Å². The molecule has 2 amide bonds. The van der Waals surface area contributed by atoms with Gasteiger partial charge in [-0.15, -0.1) is 0 Å². The van der Waals surface area contributed by atoms with Crippen molar-refractivity contribution in [3.63, 3.8) is 0 Å². The number of unbranched alkanes of at least 4 members (excludes halogenated alkanes) is 3. The van der Waals surface area contributed by atoms with Gasteiger partial charge in [0.2, 0.25) is 11.8 Å². The molecule has 0 radical (unpaired) electrons. The zero-order valence-corrected chi connectivity index (χ0v) is 12.3. The highest BCUT2D eigenvalue weighted by molar-refractivity contribution is 5.94. The maximum atomic E-state index is 12.4. The predicted octanol–water partition coefficient (Wildman–Crippen LogP) is 1.25. The van der Waals surface area contributed by atoms with E-state index >= 15 is 0 Å². The Hall–Kier alpha value is -1.10. The first-order valence-electron chi connectivity index (χ1n) is 7.36. The van der Waals surface area contributed by atoms with Crippen molar-refractivity contribution in [1.29, 1.82) is 0 Å². The van der Waals surface area contributed by atoms with E-state index in [1.807, 2.05) is 23.9 Å². The van der Waals surface area contributed by atoms with E-state index < -0.39 is 0 Å². The van der Waals surface area contributed by atoms with Crippen LogP contribution >= 0.6 is 0 Å². The molecular weight excluding hydrogens is 242 g/mol. The zero-order valence-electron chi connectivity index (χ0n) is 12.3. The topological polar surface area (TPSA) is 43.9 Å². The maximum absolute atomic E-state index is 12.4. The largest absolute Gasteiger partial charge is 0.307 e. The molecule has 0 N–H and O–H groups in total. The number of nitrogens with zero attached hydrogens (tertiary/aromatic N) is 3. The number of hydrogen-bond acceptors (Lipinski definition) is 3. The van der Waals surface area contributed by atoms with Gasteiger partial charge in [0.05, 0.1) is 0 Å². The van der Waals surface area contributed by atoms with Crippen LogP contribution < -0.4 is 0 Å². The summed E-state index contributed by atoms with van der Waals surface area (Å²) in [5, 5.41) is 0. The summed E-state index contributed by atoms with van der Waals surface area (Å²) in [4.78, 5) is 30.0. The van der Waals surface area contributed by atoms with Crippen LogP contribution in [0.1, 0.15) is 45.4 Å². The molecule has 0 aromatic carbocycles. The van der Waals surface area contributed by atoms with Crippen molar-refractivity contribution < 1.29 is 9.59 Å². The molecule has 1 unspecified atom stereocenters. The minimum Gasteiger partial charge on any atom is -0.307 e. The Labute approximate surface area is 115 Å². The van der Waals surface area contributed by atoms with Crippen LogP contribution in [0.4, 0.5) is 0 Å². The van der Waals surface area contributed by atoms with Gasteiger partial charge in [-0.05, 0) is 26.9 Å². The van der Waals surface area contributed by atoms with E-state index in [9.17, 15) is 9.59 Å². The van der Waals surface area contributed by atoms with Crippen LogP contribution in [0.3, 0.4) is 0 Å². The van der Waals surface area contributed by atoms with Gasteiger partial charge in [-0.2, -0.15) is 0 Å². The van der Waals surface area contributed by atoms with Gasteiger partial charge in [-0.25, -0.2) is 0 Å². The molecule has 5 nitrogen and oxygen atoms in total. The molecule has 0 bridgehead atoms. The first kappa shape index (κ1) is 14.3. The van der Waals surface area contributed by atoms with Crippen LogP contribution in [-0.2, 0) is 9.59 Å². The second-order valence-corrected chi connectivity index (χ2v) is 5.76. The Morgan fingerprint density at radius 1 is 1.21 bits per heavy atom. The van der Waals surface area contributed by atoms with Crippen LogP contribution in [0.25, 0.3) is 0 Å². The molecule has 2 fully saturated rings. The molecular formula is C14H25N3O2. The lowest BCUT2D eigenvalue weighted by atomic mass is 10.2. The van der Waals surface area contributed by atoms with Gasteiger partial charge in [0.1, 0.15) is 6.04 Å². The van der Waals surface area contributed by atoms with Gasteiger partial charge in [-0.3, -0.25) is 19.4 Å². The molecule has 5 heteroatoms. The highest BCUT2D eigenvalue weighted by Gasteiger charge is 2.51. The standard InChI is InChI=1S/C14H25N3O2/c1-4-5-6-7-10-16-13(19)11-8-9-12(18)17(11)14(16)15(2)3/h11,14H,4-10H2,1-3H3/t11-,14?/m0/s1. The summed E-state index contributed by atoms with van der Waals surface area (Å²) in [6, 6.07) is -0.203. The Balaban J connectivity index is 2.04. The molecule has 0 spiro atoms. The van der Waals surface area contributed by atoms with E-state index in [-0.39, 0.29) is 24.1 Å². The van der Waals surface area contributed by atoms with E-state index in [0.29, 0.717) is 12.8 Å². The van der Waals surface area contributed by atoms with Crippen LogP contribution in [0.2, 0.25) is 0 Å². The van der Waals surface area contributed by atoms with Gasteiger partial charge in [0, 0.05) is 13.0 Å². The van der Waals surface area contributed by atoms with Crippen molar-refractivity contribution in [3.8, 4) is 0 Å². The summed E-state index contributed by atoms with van der Waals surface area (Å²) >= 11 is 0. The van der Waals surface area contributed by atoms with E-state index in [1.165, 1.54) is 12.8 Å². The second-order valence-electron chi connectivity index (χ2n) is 5.76. The van der Waals surface area contributed by atoms with Crippen LogP contribution in [0.15, 0.2) is 0 Å². The molecule has 0 saturated carbocycles. The van der Waals surface area contributed by atoms with Gasteiger partial charge in [0.25, 0.3) is 0 Å². The first-order valence-corrected chi connectivity index (χ1v) is 7.36. The summed E-state index contributed by atoms with van der Waals surface area (Å²) in [6.07, 6.45) is 5.61. The third-order valence-corrected chi connectivity index (χ3v) is 4.07. The Morgan fingerprint density at radius 2 is 1.95 bits per heavy atom. The van der Waals surface area contributed by atoms with Crippen LogP contribution in [-0.4, -0.2) is 59.5 Å². The molecule has 2 rings (SSSR count). The average Bonchev–Trinajstić information content (AvgIpc) is 2.86. The fourth-order valence-corrected chi connectivity index (χ4v) is 3.15. The first-order chi connectivity index (χ1) is 9.07. The third kappa shape index (κ3) is 2.61. The molecule has 2 aliphatic rings. The van der Waals surface area contributed by atoms with Gasteiger partial charge >= 0.3 is 0 Å². The fraction of sp³-hybridized carbons (Fsp3) is 0.857. The summed E-state index contributed by atoms with van der Waals surface area (Å²) < 4.78 is 0. The Morgan fingerprint density at radius 3 is 2.58 bits per heavy atom. The monoisotopic (exact) mass is 267 g/mol. The molecule has 108 valence electrons. The fourth-order valence-electron chi connectivity index (χ4n) is 3.15. The Kier molecular flexibility index (Phi) is 4.45. The average molecular weight is 267 g/mol. The summed E-state index contributed by atoms with van der Waals surface area (Å²) in [5.74, 6) is 0.258. The van der Waals surface area contributed by atoms with E-state index in [0.717, 1.165) is 19.4 Å². The van der Waals surface area contributed by atoms with E-state index in [1.54, 1.807) is 4.90 Å². The number of carbonyl (C=O) groups excluding carboxylic acids is 2. The van der Waals surface area contributed by atoms with Gasteiger partial charge in [-0.1, -0.05) is 26.2 Å². The number of hydrogen-bond donors (Lipinski definition) is 0. The lowest BCUT2D eigenvalue weighted by Gasteiger charge is -2.34. The molecule has 19 heavy (non-hydrogen) atoms. The molecule has 2 heterocycles. The predicted molar refractivity (Wildman–Crippen MR) is 73.2 cm³/mol. The van der Waals surface area contributed by atoms with Crippen molar-refractivity contribution >= 4 is 11.8 Å². The molecule has 0 aliphatic carbocycles. The van der Waals surface area contributed by atoms with Crippen LogP contribution in [0, 0.1) is 0 Å². The molecule has 2 atom stereocenters. The van der Waals surface area contributed by atoms with E-state index in [4.69, 9.17) is 0 Å². The SMILES string of the molecule is CCCCCCN1C(=O)[C@@H]2CCC(=O)N2C1N(C)C. The number of carbonyl (C=O) groups is 2. The minimum absolute atomic E-state index is 0.119. The maximum Gasteiger partial charge on any atom is 0.248 e. The number of fused-ring (bicyclic) bond motifs is 1. The summed E-state index contributed by atoms with van der Waals surface area (Å²) in [6.45, 7) is 2.94. The highest BCUT2D eigenvalue weighted by Crippen LogP contribution is 2.32. The normalized spacial score (nSPS) is 26.7. The second kappa shape index (κ2) is 5.90. The Bertz CT molecular complexity index is 357.